The fourth-order valence-corrected chi connectivity index (χ4v) is 2.07. The normalized spacial score (nSPS) is 10.3. The number of rotatable bonds is 8. The van der Waals surface area contributed by atoms with E-state index in [2.05, 4.69) is 24.7 Å². The van der Waals surface area contributed by atoms with Gasteiger partial charge in [0.1, 0.15) is 5.75 Å². The summed E-state index contributed by atoms with van der Waals surface area (Å²) in [7, 11) is 9.04. The van der Waals surface area contributed by atoms with Gasteiger partial charge in [0.25, 0.3) is 0 Å². The van der Waals surface area contributed by atoms with E-state index in [1.54, 1.807) is 21.3 Å². The van der Waals surface area contributed by atoms with Crippen molar-refractivity contribution >= 4 is 17.3 Å². The van der Waals surface area contributed by atoms with Gasteiger partial charge in [-0.25, -0.2) is 0 Å². The second-order valence-electron chi connectivity index (χ2n) is 5.09. The zero-order valence-electron chi connectivity index (χ0n) is 13.9. The Labute approximate surface area is 137 Å². The fraction of sp³-hybridized carbons (Fsp3) is 0.533. The summed E-state index contributed by atoms with van der Waals surface area (Å²) in [6, 6.07) is 3.69. The molecule has 0 saturated carbocycles. The highest BCUT2D eigenvalue weighted by Crippen LogP contribution is 2.34. The lowest BCUT2D eigenvalue weighted by Gasteiger charge is -2.16. The summed E-state index contributed by atoms with van der Waals surface area (Å²) < 4.78 is 16.0. The van der Waals surface area contributed by atoms with Crippen molar-refractivity contribution in [2.24, 2.45) is 0 Å². The van der Waals surface area contributed by atoms with Crippen LogP contribution in [-0.2, 0) is 6.54 Å². The van der Waals surface area contributed by atoms with Gasteiger partial charge in [-0.05, 0) is 18.3 Å². The molecule has 1 aromatic carbocycles. The third kappa shape index (κ3) is 5.57. The van der Waals surface area contributed by atoms with E-state index in [-0.39, 0.29) is 0 Å². The molecule has 0 bridgehead atoms. The van der Waals surface area contributed by atoms with Crippen LogP contribution in [0.2, 0.25) is 0 Å². The number of thiocarbonyl (C=S) groups is 1. The Hall–Kier alpha value is -1.73. The van der Waals surface area contributed by atoms with E-state index in [1.807, 2.05) is 12.1 Å². The van der Waals surface area contributed by atoms with E-state index in [4.69, 9.17) is 26.4 Å². The molecule has 0 fully saturated rings. The standard InChI is InChI=1S/C15H25N3O3S/c1-18(2)7-6-16-15(22)17-10-11-8-13(20-4)14(21-5)9-12(11)19-3/h8-9H,6-7,10H2,1-5H3,(H2,16,17,22)/p+1. The lowest BCUT2D eigenvalue weighted by molar-refractivity contribution is -0.856. The topological polar surface area (TPSA) is 56.2 Å². The summed E-state index contributed by atoms with van der Waals surface area (Å²) in [6.45, 7) is 2.38. The highest BCUT2D eigenvalue weighted by Gasteiger charge is 2.12. The Bertz CT molecular complexity index is 495. The molecular weight excluding hydrogens is 302 g/mol. The zero-order valence-corrected chi connectivity index (χ0v) is 14.7. The third-order valence-corrected chi connectivity index (χ3v) is 3.43. The number of likely N-dealkylation sites (N-methyl/N-ethyl adjacent to an activating group) is 1. The molecular formula is C15H26N3O3S+. The van der Waals surface area contributed by atoms with Crippen molar-refractivity contribution in [3.63, 3.8) is 0 Å². The summed E-state index contributed by atoms with van der Waals surface area (Å²) in [5, 5.41) is 6.97. The molecule has 124 valence electrons. The third-order valence-electron chi connectivity index (χ3n) is 3.14. The first-order valence-electron chi connectivity index (χ1n) is 7.11. The summed E-state index contributed by atoms with van der Waals surface area (Å²) >= 11 is 5.27. The first-order valence-corrected chi connectivity index (χ1v) is 7.52. The molecule has 0 aliphatic rings. The molecule has 6 nitrogen and oxygen atoms in total. The molecule has 0 amide bonds. The van der Waals surface area contributed by atoms with Gasteiger partial charge in [0, 0.05) is 18.2 Å². The number of ether oxygens (including phenoxy) is 3. The summed E-state index contributed by atoms with van der Waals surface area (Å²) in [5.41, 5.74) is 0.947. The largest absolute Gasteiger partial charge is 0.496 e. The highest BCUT2D eigenvalue weighted by molar-refractivity contribution is 7.80. The molecule has 0 spiro atoms. The van der Waals surface area contributed by atoms with Gasteiger partial charge in [-0.3, -0.25) is 0 Å². The molecule has 0 radical (unpaired) electrons. The van der Waals surface area contributed by atoms with Gasteiger partial charge >= 0.3 is 0 Å². The molecule has 0 unspecified atom stereocenters. The monoisotopic (exact) mass is 328 g/mol. The summed E-state index contributed by atoms with van der Waals surface area (Å²) in [5.74, 6) is 2.03. The predicted molar refractivity (Wildman–Crippen MR) is 91.2 cm³/mol. The van der Waals surface area contributed by atoms with Gasteiger partial charge in [0.15, 0.2) is 16.6 Å². The molecule has 0 heterocycles. The van der Waals surface area contributed by atoms with Crippen LogP contribution >= 0.6 is 12.2 Å². The minimum Gasteiger partial charge on any atom is -0.496 e. The van der Waals surface area contributed by atoms with Gasteiger partial charge in [-0.15, -0.1) is 0 Å². The minimum atomic E-state index is 0.546. The maximum atomic E-state index is 5.39. The molecule has 0 aliphatic heterocycles. The summed E-state index contributed by atoms with van der Waals surface area (Å²) in [6.07, 6.45) is 0. The van der Waals surface area contributed by atoms with E-state index in [0.29, 0.717) is 23.2 Å². The molecule has 22 heavy (non-hydrogen) atoms. The van der Waals surface area contributed by atoms with E-state index < -0.39 is 0 Å². The van der Waals surface area contributed by atoms with Crippen LogP contribution in [0.25, 0.3) is 0 Å². The maximum absolute atomic E-state index is 5.39. The molecule has 0 aromatic heterocycles. The average Bonchev–Trinajstić information content (AvgIpc) is 2.51. The van der Waals surface area contributed by atoms with Gasteiger partial charge < -0.3 is 29.7 Å². The number of methoxy groups -OCH3 is 3. The molecule has 7 heteroatoms. The van der Waals surface area contributed by atoms with Crippen LogP contribution in [0.5, 0.6) is 17.2 Å². The number of hydrogen-bond donors (Lipinski definition) is 3. The molecule has 3 N–H and O–H groups in total. The SMILES string of the molecule is COc1cc(OC)c(OC)cc1CNC(=S)NCC[NH+](C)C. The molecule has 0 saturated heterocycles. The van der Waals surface area contributed by atoms with Crippen LogP contribution < -0.4 is 29.7 Å². The molecule has 0 aliphatic carbocycles. The van der Waals surface area contributed by atoms with Crippen LogP contribution in [0.3, 0.4) is 0 Å². The average molecular weight is 328 g/mol. The van der Waals surface area contributed by atoms with Gasteiger partial charge in [0.2, 0.25) is 0 Å². The van der Waals surface area contributed by atoms with Crippen LogP contribution in [0.4, 0.5) is 0 Å². The maximum Gasteiger partial charge on any atom is 0.166 e. The summed E-state index contributed by atoms with van der Waals surface area (Å²) in [4.78, 5) is 1.37. The van der Waals surface area contributed by atoms with Gasteiger partial charge in [-0.1, -0.05) is 0 Å². The number of benzene rings is 1. The molecule has 1 aromatic rings. The van der Waals surface area contributed by atoms with Crippen LogP contribution in [0.15, 0.2) is 12.1 Å². The lowest BCUT2D eigenvalue weighted by Crippen LogP contribution is -3.06. The fourth-order valence-electron chi connectivity index (χ4n) is 1.89. The van der Waals surface area contributed by atoms with E-state index in [9.17, 15) is 0 Å². The predicted octanol–water partition coefficient (Wildman–Crippen LogP) is -0.179. The van der Waals surface area contributed by atoms with Gasteiger partial charge in [0.05, 0.1) is 48.5 Å². The Morgan fingerprint density at radius 2 is 1.59 bits per heavy atom. The van der Waals surface area contributed by atoms with Crippen molar-refractivity contribution in [1.29, 1.82) is 0 Å². The number of nitrogens with one attached hydrogen (secondary N) is 3. The molecule has 1 rings (SSSR count). The second kappa shape index (κ2) is 9.32. The van der Waals surface area contributed by atoms with Crippen molar-refractivity contribution < 1.29 is 19.1 Å². The van der Waals surface area contributed by atoms with Crippen molar-refractivity contribution in [2.45, 2.75) is 6.54 Å². The van der Waals surface area contributed by atoms with E-state index in [0.717, 1.165) is 24.4 Å². The number of quaternary nitrogens is 1. The van der Waals surface area contributed by atoms with Crippen LogP contribution in [0, 0.1) is 0 Å². The minimum absolute atomic E-state index is 0.546. The van der Waals surface area contributed by atoms with Crippen molar-refractivity contribution in [2.75, 3.05) is 48.5 Å². The van der Waals surface area contributed by atoms with Gasteiger partial charge in [-0.2, -0.15) is 0 Å². The van der Waals surface area contributed by atoms with Crippen molar-refractivity contribution in [3.05, 3.63) is 17.7 Å². The van der Waals surface area contributed by atoms with Crippen molar-refractivity contribution in [1.82, 2.24) is 10.6 Å². The van der Waals surface area contributed by atoms with Crippen LogP contribution in [-0.4, -0.2) is 53.6 Å². The second-order valence-corrected chi connectivity index (χ2v) is 5.49. The van der Waals surface area contributed by atoms with Crippen molar-refractivity contribution in [3.8, 4) is 17.2 Å². The molecule has 0 atom stereocenters. The Kier molecular flexibility index (Phi) is 7.76. The Balaban J connectivity index is 2.66. The number of hydrogen-bond acceptors (Lipinski definition) is 4. The first kappa shape index (κ1) is 18.3. The lowest BCUT2D eigenvalue weighted by atomic mass is 10.1. The van der Waals surface area contributed by atoms with E-state index >= 15 is 0 Å². The highest BCUT2D eigenvalue weighted by atomic mass is 32.1. The Morgan fingerprint density at radius 3 is 2.14 bits per heavy atom. The smallest absolute Gasteiger partial charge is 0.166 e. The Morgan fingerprint density at radius 1 is 1.00 bits per heavy atom. The zero-order chi connectivity index (χ0) is 16.5. The quantitative estimate of drug-likeness (QED) is 0.576. The first-order chi connectivity index (χ1) is 10.5. The van der Waals surface area contributed by atoms with Crippen LogP contribution in [0.1, 0.15) is 5.56 Å². The van der Waals surface area contributed by atoms with E-state index in [1.165, 1.54) is 4.90 Å².